The van der Waals surface area contributed by atoms with Crippen molar-refractivity contribution in [1.82, 2.24) is 10.3 Å². The molecule has 1 N–H and O–H groups in total. The molecule has 0 amide bonds. The molecule has 2 nitrogen and oxygen atoms in total. The highest BCUT2D eigenvalue weighted by Gasteiger charge is 2.16. The number of aromatic nitrogens is 1. The lowest BCUT2D eigenvalue weighted by Crippen LogP contribution is -2.23. The van der Waals surface area contributed by atoms with Gasteiger partial charge in [-0.15, -0.1) is 0 Å². The standard InChI is InChI=1S/C16H23BrN2/c1-2-19-16(14-10-15(17)12-18-11-14)13-8-6-4-3-5-7-9-13/h8,10-12,16,19H,2-7,9H2,1H3/b13-8+. The molecule has 1 unspecified atom stereocenters. The van der Waals surface area contributed by atoms with Gasteiger partial charge in [-0.05, 0) is 59.8 Å². The van der Waals surface area contributed by atoms with Crippen LogP contribution in [0.5, 0.6) is 0 Å². The van der Waals surface area contributed by atoms with Crippen LogP contribution in [0.4, 0.5) is 0 Å². The van der Waals surface area contributed by atoms with Crippen molar-refractivity contribution in [2.75, 3.05) is 6.54 Å². The first kappa shape index (κ1) is 14.7. The van der Waals surface area contributed by atoms with E-state index in [1.54, 1.807) is 5.57 Å². The minimum atomic E-state index is 0.327. The van der Waals surface area contributed by atoms with Gasteiger partial charge in [-0.1, -0.05) is 31.4 Å². The van der Waals surface area contributed by atoms with Crippen LogP contribution in [0.15, 0.2) is 34.6 Å². The molecule has 0 bridgehead atoms. The molecule has 19 heavy (non-hydrogen) atoms. The third-order valence-corrected chi connectivity index (χ3v) is 4.10. The van der Waals surface area contributed by atoms with Gasteiger partial charge in [-0.25, -0.2) is 0 Å². The summed E-state index contributed by atoms with van der Waals surface area (Å²) in [6, 6.07) is 2.51. The van der Waals surface area contributed by atoms with E-state index >= 15 is 0 Å². The molecule has 104 valence electrons. The van der Waals surface area contributed by atoms with Crippen molar-refractivity contribution >= 4 is 15.9 Å². The SMILES string of the molecule is CCNC(/C1=C/CCCCCC1)c1cncc(Br)c1. The summed E-state index contributed by atoms with van der Waals surface area (Å²) >= 11 is 3.52. The Balaban J connectivity index is 2.22. The van der Waals surface area contributed by atoms with Crippen LogP contribution in [-0.4, -0.2) is 11.5 Å². The quantitative estimate of drug-likeness (QED) is 0.807. The van der Waals surface area contributed by atoms with E-state index < -0.39 is 0 Å². The summed E-state index contributed by atoms with van der Waals surface area (Å²) in [5.41, 5.74) is 2.81. The maximum atomic E-state index is 4.31. The smallest absolute Gasteiger partial charge is 0.0551 e. The third-order valence-electron chi connectivity index (χ3n) is 3.66. The van der Waals surface area contributed by atoms with Gasteiger partial charge in [0, 0.05) is 16.9 Å². The lowest BCUT2D eigenvalue weighted by molar-refractivity contribution is 0.553. The highest BCUT2D eigenvalue weighted by molar-refractivity contribution is 9.10. The number of hydrogen-bond donors (Lipinski definition) is 1. The molecule has 1 aromatic heterocycles. The molecule has 2 rings (SSSR count). The molecule has 1 aromatic rings. The van der Waals surface area contributed by atoms with Gasteiger partial charge in [0.1, 0.15) is 0 Å². The first-order valence-corrected chi connectivity index (χ1v) is 8.13. The van der Waals surface area contributed by atoms with Crippen molar-refractivity contribution < 1.29 is 0 Å². The Labute approximate surface area is 124 Å². The Morgan fingerprint density at radius 2 is 2.11 bits per heavy atom. The summed E-state index contributed by atoms with van der Waals surface area (Å²) in [5, 5.41) is 3.61. The second-order valence-corrected chi connectivity index (χ2v) is 6.07. The molecule has 0 spiro atoms. The minimum Gasteiger partial charge on any atom is -0.307 e. The summed E-state index contributed by atoms with van der Waals surface area (Å²) < 4.78 is 1.05. The number of hydrogen-bond acceptors (Lipinski definition) is 2. The monoisotopic (exact) mass is 322 g/mol. The Morgan fingerprint density at radius 1 is 1.26 bits per heavy atom. The number of halogens is 1. The van der Waals surface area contributed by atoms with Gasteiger partial charge >= 0.3 is 0 Å². The molecule has 1 atom stereocenters. The molecule has 1 aliphatic rings. The summed E-state index contributed by atoms with van der Waals surface area (Å²) in [7, 11) is 0. The van der Waals surface area contributed by atoms with Crippen molar-refractivity contribution in [2.45, 2.75) is 51.5 Å². The fourth-order valence-electron chi connectivity index (χ4n) is 2.73. The van der Waals surface area contributed by atoms with E-state index in [1.165, 1.54) is 44.1 Å². The highest BCUT2D eigenvalue weighted by Crippen LogP contribution is 2.29. The van der Waals surface area contributed by atoms with Gasteiger partial charge in [0.15, 0.2) is 0 Å². The summed E-state index contributed by atoms with van der Waals surface area (Å²) in [6.07, 6.45) is 14.1. The predicted molar refractivity (Wildman–Crippen MR) is 84.1 cm³/mol. The maximum absolute atomic E-state index is 4.31. The normalized spacial score (nSPS) is 21.1. The maximum Gasteiger partial charge on any atom is 0.0551 e. The number of allylic oxidation sites excluding steroid dienone is 1. The van der Waals surface area contributed by atoms with E-state index in [4.69, 9.17) is 0 Å². The molecule has 0 aliphatic heterocycles. The largest absolute Gasteiger partial charge is 0.307 e. The number of rotatable bonds is 4. The molecule has 3 heteroatoms. The van der Waals surface area contributed by atoms with Gasteiger partial charge < -0.3 is 5.32 Å². The van der Waals surface area contributed by atoms with Crippen LogP contribution in [0.2, 0.25) is 0 Å². The van der Waals surface area contributed by atoms with E-state index in [2.05, 4.69) is 45.3 Å². The summed E-state index contributed by atoms with van der Waals surface area (Å²) in [6.45, 7) is 3.15. The zero-order valence-electron chi connectivity index (χ0n) is 11.7. The first-order valence-electron chi connectivity index (χ1n) is 7.34. The average Bonchev–Trinajstić information content (AvgIpc) is 2.36. The Morgan fingerprint density at radius 3 is 2.89 bits per heavy atom. The lowest BCUT2D eigenvalue weighted by atomic mass is 9.91. The Bertz CT molecular complexity index is 429. The van der Waals surface area contributed by atoms with E-state index in [1.807, 2.05) is 12.4 Å². The van der Waals surface area contributed by atoms with Gasteiger partial charge in [0.05, 0.1) is 6.04 Å². The van der Waals surface area contributed by atoms with Crippen molar-refractivity contribution in [1.29, 1.82) is 0 Å². The van der Waals surface area contributed by atoms with Crippen LogP contribution in [0.1, 0.15) is 57.1 Å². The van der Waals surface area contributed by atoms with Crippen LogP contribution in [0.3, 0.4) is 0 Å². The first-order chi connectivity index (χ1) is 9.31. The molecule has 0 radical (unpaired) electrons. The van der Waals surface area contributed by atoms with Crippen molar-refractivity contribution in [3.8, 4) is 0 Å². The molecule has 0 saturated heterocycles. The van der Waals surface area contributed by atoms with E-state index in [0.717, 1.165) is 11.0 Å². The second-order valence-electron chi connectivity index (χ2n) is 5.16. The number of pyridine rings is 1. The van der Waals surface area contributed by atoms with Crippen molar-refractivity contribution in [3.63, 3.8) is 0 Å². The van der Waals surface area contributed by atoms with E-state index in [9.17, 15) is 0 Å². The number of likely N-dealkylation sites (N-methyl/N-ethyl adjacent to an activating group) is 1. The van der Waals surface area contributed by atoms with Crippen LogP contribution < -0.4 is 5.32 Å². The van der Waals surface area contributed by atoms with Crippen molar-refractivity contribution in [2.24, 2.45) is 0 Å². The summed E-state index contributed by atoms with van der Waals surface area (Å²) in [4.78, 5) is 4.31. The van der Waals surface area contributed by atoms with E-state index in [0.29, 0.717) is 6.04 Å². The fourth-order valence-corrected chi connectivity index (χ4v) is 3.11. The second kappa shape index (κ2) is 7.81. The van der Waals surface area contributed by atoms with Gasteiger partial charge in [-0.3, -0.25) is 4.98 Å². The van der Waals surface area contributed by atoms with Crippen molar-refractivity contribution in [3.05, 3.63) is 40.1 Å². The number of nitrogens with one attached hydrogen (secondary N) is 1. The van der Waals surface area contributed by atoms with Crippen LogP contribution in [-0.2, 0) is 0 Å². The predicted octanol–water partition coefficient (Wildman–Crippen LogP) is 4.78. The molecule has 0 fully saturated rings. The Kier molecular flexibility index (Phi) is 6.05. The van der Waals surface area contributed by atoms with E-state index in [-0.39, 0.29) is 0 Å². The molecular formula is C16H23BrN2. The highest BCUT2D eigenvalue weighted by atomic mass is 79.9. The lowest BCUT2D eigenvalue weighted by Gasteiger charge is -2.23. The molecule has 1 heterocycles. The molecule has 0 aromatic carbocycles. The molecule has 1 aliphatic carbocycles. The zero-order valence-corrected chi connectivity index (χ0v) is 13.2. The van der Waals surface area contributed by atoms with Crippen LogP contribution >= 0.6 is 15.9 Å². The summed E-state index contributed by atoms with van der Waals surface area (Å²) in [5.74, 6) is 0. The van der Waals surface area contributed by atoms with Gasteiger partial charge in [0.25, 0.3) is 0 Å². The topological polar surface area (TPSA) is 24.9 Å². The van der Waals surface area contributed by atoms with Crippen LogP contribution in [0.25, 0.3) is 0 Å². The molecular weight excluding hydrogens is 300 g/mol. The van der Waals surface area contributed by atoms with Crippen LogP contribution in [0, 0.1) is 0 Å². The average molecular weight is 323 g/mol. The third kappa shape index (κ3) is 4.43. The Hall–Kier alpha value is -0.670. The number of nitrogens with zero attached hydrogens (tertiary/aromatic N) is 1. The van der Waals surface area contributed by atoms with Gasteiger partial charge in [0.2, 0.25) is 0 Å². The molecule has 0 saturated carbocycles. The zero-order chi connectivity index (χ0) is 13.5. The van der Waals surface area contributed by atoms with Gasteiger partial charge in [-0.2, -0.15) is 0 Å². The fraction of sp³-hybridized carbons (Fsp3) is 0.562. The minimum absolute atomic E-state index is 0.327.